The number of thiophene rings is 1. The number of aryl methyl sites for hydroxylation is 1. The number of carbonyl (C=O) groups is 1. The van der Waals surface area contributed by atoms with Gasteiger partial charge < -0.3 is 10.1 Å². The molecule has 0 fully saturated rings. The number of carbonyl (C=O) groups excluding carboxylic acids is 1. The third kappa shape index (κ3) is 3.52. The molecule has 1 amide bonds. The smallest absolute Gasteiger partial charge is 0.262 e. The van der Waals surface area contributed by atoms with Gasteiger partial charge in [-0.3, -0.25) is 14.2 Å². The van der Waals surface area contributed by atoms with E-state index in [-0.39, 0.29) is 18.0 Å². The molecule has 0 aromatic carbocycles. The first-order valence-corrected chi connectivity index (χ1v) is 9.17. The highest BCUT2D eigenvalue weighted by Gasteiger charge is 2.23. The molecular weight excluding hydrogens is 326 g/mol. The molecular formula is C17H23N3O3S. The fourth-order valence-electron chi connectivity index (χ4n) is 3.13. The summed E-state index contributed by atoms with van der Waals surface area (Å²) in [7, 11) is 1.63. The van der Waals surface area contributed by atoms with Gasteiger partial charge in [0.2, 0.25) is 5.91 Å². The summed E-state index contributed by atoms with van der Waals surface area (Å²) in [5.41, 5.74) is 1.06. The summed E-state index contributed by atoms with van der Waals surface area (Å²) < 4.78 is 6.36. The Hall–Kier alpha value is -1.73. The zero-order chi connectivity index (χ0) is 17.1. The van der Waals surface area contributed by atoms with Crippen molar-refractivity contribution in [3.63, 3.8) is 0 Å². The van der Waals surface area contributed by atoms with Crippen LogP contribution in [-0.2, 0) is 28.9 Å². The van der Waals surface area contributed by atoms with Crippen LogP contribution in [0.2, 0.25) is 0 Å². The monoisotopic (exact) mass is 349 g/mol. The van der Waals surface area contributed by atoms with Gasteiger partial charge in [0.15, 0.2) is 0 Å². The lowest BCUT2D eigenvalue weighted by Gasteiger charge is -2.17. The quantitative estimate of drug-likeness (QED) is 0.806. The molecule has 0 unspecified atom stereocenters. The number of fused-ring (bicyclic) bond motifs is 3. The summed E-state index contributed by atoms with van der Waals surface area (Å²) in [5.74, 6) is 0.484. The maximum atomic E-state index is 12.8. The van der Waals surface area contributed by atoms with Gasteiger partial charge in [-0.25, -0.2) is 4.98 Å². The molecule has 0 spiro atoms. The second kappa shape index (κ2) is 7.44. The van der Waals surface area contributed by atoms with Crippen LogP contribution in [0.25, 0.3) is 10.2 Å². The number of hydrogen-bond acceptors (Lipinski definition) is 5. The van der Waals surface area contributed by atoms with Gasteiger partial charge >= 0.3 is 0 Å². The van der Waals surface area contributed by atoms with E-state index in [0.717, 1.165) is 41.5 Å². The Labute approximate surface area is 144 Å². The Balaban J connectivity index is 1.79. The molecule has 0 aliphatic heterocycles. The van der Waals surface area contributed by atoms with E-state index in [0.29, 0.717) is 19.1 Å². The number of rotatable bonds is 6. The molecule has 3 rings (SSSR count). The van der Waals surface area contributed by atoms with Crippen molar-refractivity contribution in [1.29, 1.82) is 0 Å². The molecule has 0 bridgehead atoms. The lowest BCUT2D eigenvalue weighted by Crippen LogP contribution is -2.33. The summed E-state index contributed by atoms with van der Waals surface area (Å²) >= 11 is 1.63. The summed E-state index contributed by atoms with van der Waals surface area (Å²) in [6.07, 6.45) is 5.30. The fourth-order valence-corrected chi connectivity index (χ4v) is 4.47. The second-order valence-corrected chi connectivity index (χ2v) is 7.49. The normalized spacial score (nSPS) is 17.0. The number of nitrogens with one attached hydrogen (secondary N) is 1. The van der Waals surface area contributed by atoms with Crippen LogP contribution < -0.4 is 10.9 Å². The molecule has 1 aliphatic carbocycles. The van der Waals surface area contributed by atoms with Crippen molar-refractivity contribution in [3.05, 3.63) is 27.1 Å². The van der Waals surface area contributed by atoms with Gasteiger partial charge in [-0.05, 0) is 37.2 Å². The van der Waals surface area contributed by atoms with Crippen LogP contribution >= 0.6 is 11.3 Å². The molecule has 24 heavy (non-hydrogen) atoms. The zero-order valence-electron chi connectivity index (χ0n) is 14.1. The van der Waals surface area contributed by atoms with Gasteiger partial charge in [0, 0.05) is 25.1 Å². The molecule has 2 heterocycles. The third-order valence-corrected chi connectivity index (χ3v) is 5.61. The van der Waals surface area contributed by atoms with Crippen LogP contribution in [0.5, 0.6) is 0 Å². The Morgan fingerprint density at radius 1 is 1.54 bits per heavy atom. The first kappa shape index (κ1) is 17.1. The number of aromatic nitrogens is 2. The van der Waals surface area contributed by atoms with Crippen LogP contribution in [0.15, 0.2) is 11.1 Å². The van der Waals surface area contributed by atoms with E-state index < -0.39 is 0 Å². The molecule has 7 heteroatoms. The minimum atomic E-state index is -0.174. The lowest BCUT2D eigenvalue weighted by atomic mass is 9.89. The maximum absolute atomic E-state index is 12.8. The first-order valence-electron chi connectivity index (χ1n) is 8.35. The lowest BCUT2D eigenvalue weighted by molar-refractivity contribution is -0.121. The van der Waals surface area contributed by atoms with Crippen molar-refractivity contribution >= 4 is 27.5 Å². The largest absolute Gasteiger partial charge is 0.385 e. The van der Waals surface area contributed by atoms with E-state index in [1.54, 1.807) is 18.4 Å². The molecule has 1 atom stereocenters. The first-order chi connectivity index (χ1) is 11.6. The minimum absolute atomic E-state index is 0.00970. The van der Waals surface area contributed by atoms with Crippen LogP contribution in [0, 0.1) is 5.92 Å². The van der Waals surface area contributed by atoms with Gasteiger partial charge in [-0.1, -0.05) is 6.92 Å². The Morgan fingerprint density at radius 3 is 3.17 bits per heavy atom. The van der Waals surface area contributed by atoms with Crippen LogP contribution in [0.4, 0.5) is 0 Å². The van der Waals surface area contributed by atoms with Crippen molar-refractivity contribution in [1.82, 2.24) is 14.9 Å². The van der Waals surface area contributed by atoms with Gasteiger partial charge in [0.1, 0.15) is 11.4 Å². The molecule has 6 nitrogen and oxygen atoms in total. The molecule has 0 saturated heterocycles. The summed E-state index contributed by atoms with van der Waals surface area (Å²) in [5, 5.41) is 3.52. The highest BCUT2D eigenvalue weighted by atomic mass is 32.1. The maximum Gasteiger partial charge on any atom is 0.262 e. The van der Waals surface area contributed by atoms with E-state index in [2.05, 4.69) is 17.2 Å². The van der Waals surface area contributed by atoms with Crippen molar-refractivity contribution in [2.24, 2.45) is 5.92 Å². The van der Waals surface area contributed by atoms with Crippen molar-refractivity contribution < 1.29 is 9.53 Å². The Bertz CT molecular complexity index is 796. The predicted octanol–water partition coefficient (Wildman–Crippen LogP) is 1.74. The molecule has 1 N–H and O–H groups in total. The van der Waals surface area contributed by atoms with Crippen LogP contribution in [0.3, 0.4) is 0 Å². The third-order valence-electron chi connectivity index (χ3n) is 4.44. The molecule has 0 radical (unpaired) electrons. The number of nitrogens with zero attached hydrogens (tertiary/aromatic N) is 2. The number of ether oxygens (including phenoxy) is 1. The van der Waals surface area contributed by atoms with Gasteiger partial charge in [0.05, 0.1) is 11.7 Å². The molecule has 2 aromatic rings. The number of hydrogen-bond donors (Lipinski definition) is 1. The van der Waals surface area contributed by atoms with Gasteiger partial charge in [-0.15, -0.1) is 11.3 Å². The Kier molecular flexibility index (Phi) is 5.30. The summed E-state index contributed by atoms with van der Waals surface area (Å²) in [6, 6.07) is 0. The average Bonchev–Trinajstić information content (AvgIpc) is 2.92. The highest BCUT2D eigenvalue weighted by Crippen LogP contribution is 2.35. The van der Waals surface area contributed by atoms with E-state index in [1.165, 1.54) is 15.8 Å². The van der Waals surface area contributed by atoms with E-state index in [4.69, 9.17) is 4.74 Å². The molecule has 0 saturated carbocycles. The number of amides is 1. The highest BCUT2D eigenvalue weighted by molar-refractivity contribution is 7.18. The van der Waals surface area contributed by atoms with Crippen LogP contribution in [-0.4, -0.2) is 35.7 Å². The van der Waals surface area contributed by atoms with E-state index in [9.17, 15) is 9.59 Å². The predicted molar refractivity (Wildman–Crippen MR) is 94.6 cm³/mol. The SMILES string of the molecule is COCCCNC(=O)Cn1cnc2sc3c(c2c1=O)CC[C@@H](C)C3. The Morgan fingerprint density at radius 2 is 2.38 bits per heavy atom. The zero-order valence-corrected chi connectivity index (χ0v) is 14.9. The van der Waals surface area contributed by atoms with Crippen molar-refractivity contribution in [2.75, 3.05) is 20.3 Å². The minimum Gasteiger partial charge on any atom is -0.385 e. The topological polar surface area (TPSA) is 73.2 Å². The van der Waals surface area contributed by atoms with Gasteiger partial charge in [0.25, 0.3) is 5.56 Å². The fraction of sp³-hybridized carbons (Fsp3) is 0.588. The molecule has 2 aromatic heterocycles. The van der Waals surface area contributed by atoms with Gasteiger partial charge in [-0.2, -0.15) is 0 Å². The van der Waals surface area contributed by atoms with E-state index in [1.807, 2.05) is 0 Å². The van der Waals surface area contributed by atoms with Crippen molar-refractivity contribution in [2.45, 2.75) is 39.2 Å². The standard InChI is InChI=1S/C17H23N3O3S/c1-11-4-5-12-13(8-11)24-16-15(12)17(22)20(10-19-16)9-14(21)18-6-3-7-23-2/h10-11H,3-9H2,1-2H3,(H,18,21)/t11-/m1/s1. The van der Waals surface area contributed by atoms with E-state index >= 15 is 0 Å². The number of methoxy groups -OCH3 is 1. The van der Waals surface area contributed by atoms with Crippen molar-refractivity contribution in [3.8, 4) is 0 Å². The second-order valence-electron chi connectivity index (χ2n) is 6.41. The van der Waals surface area contributed by atoms with Crippen LogP contribution in [0.1, 0.15) is 30.2 Å². The summed E-state index contributed by atoms with van der Waals surface area (Å²) in [6.45, 7) is 3.40. The molecule has 1 aliphatic rings. The average molecular weight is 349 g/mol. The molecule has 130 valence electrons. The summed E-state index contributed by atoms with van der Waals surface area (Å²) in [4.78, 5) is 31.3.